The highest BCUT2D eigenvalue weighted by Gasteiger charge is 2.50. The molecule has 1 aromatic rings. The summed E-state index contributed by atoms with van der Waals surface area (Å²) in [7, 11) is 4.21. The summed E-state index contributed by atoms with van der Waals surface area (Å²) in [5.41, 5.74) is 2.79. The van der Waals surface area contributed by atoms with Crippen LogP contribution in [0, 0.1) is 12.3 Å². The number of nitrogens with zero attached hydrogens (tertiary/aromatic N) is 1. The Labute approximate surface area is 97.9 Å². The lowest BCUT2D eigenvalue weighted by molar-refractivity contribution is 0.115. The first-order valence-corrected chi connectivity index (χ1v) is 5.93. The molecule has 0 radical (unpaired) electrons. The molecular weight excluding hydrogens is 198 g/mol. The van der Waals surface area contributed by atoms with Crippen LogP contribution in [0.4, 0.5) is 0 Å². The van der Waals surface area contributed by atoms with Crippen molar-refractivity contribution in [2.75, 3.05) is 20.7 Å². The molecule has 1 unspecified atom stereocenters. The first-order valence-electron chi connectivity index (χ1n) is 5.93. The number of aliphatic hydroxyl groups excluding tert-OH is 1. The topological polar surface area (TPSA) is 23.5 Å². The SMILES string of the molecule is Cc1ccccc1C(N(C)C)C1(CO)CC1. The molecule has 0 aliphatic heterocycles. The molecule has 1 saturated carbocycles. The number of benzene rings is 1. The normalized spacial score (nSPS) is 19.8. The summed E-state index contributed by atoms with van der Waals surface area (Å²) in [6, 6.07) is 8.85. The van der Waals surface area contributed by atoms with Gasteiger partial charge in [0.15, 0.2) is 0 Å². The highest BCUT2D eigenvalue weighted by atomic mass is 16.3. The van der Waals surface area contributed by atoms with Crippen molar-refractivity contribution < 1.29 is 5.11 Å². The molecule has 0 saturated heterocycles. The van der Waals surface area contributed by atoms with Crippen LogP contribution in [0.5, 0.6) is 0 Å². The Morgan fingerprint density at radius 3 is 2.38 bits per heavy atom. The van der Waals surface area contributed by atoms with Crippen molar-refractivity contribution in [3.05, 3.63) is 35.4 Å². The summed E-state index contributed by atoms with van der Waals surface area (Å²) in [5.74, 6) is 0. The van der Waals surface area contributed by atoms with Gasteiger partial charge in [-0.25, -0.2) is 0 Å². The minimum Gasteiger partial charge on any atom is -0.396 e. The van der Waals surface area contributed by atoms with Crippen molar-refractivity contribution in [3.63, 3.8) is 0 Å². The standard InChI is InChI=1S/C14H21NO/c1-11-6-4-5-7-12(11)13(15(2)3)14(10-16)8-9-14/h4-7,13,16H,8-10H2,1-3H3. The molecule has 2 nitrogen and oxygen atoms in total. The Morgan fingerprint density at radius 2 is 1.94 bits per heavy atom. The monoisotopic (exact) mass is 219 g/mol. The summed E-state index contributed by atoms with van der Waals surface area (Å²) in [6.45, 7) is 2.45. The second-order valence-corrected chi connectivity index (χ2v) is 5.24. The van der Waals surface area contributed by atoms with E-state index in [4.69, 9.17) is 0 Å². The molecule has 1 aliphatic rings. The molecule has 2 heteroatoms. The van der Waals surface area contributed by atoms with Crippen molar-refractivity contribution >= 4 is 0 Å². The van der Waals surface area contributed by atoms with Crippen molar-refractivity contribution in [1.82, 2.24) is 4.90 Å². The zero-order valence-corrected chi connectivity index (χ0v) is 10.4. The summed E-state index contributed by atoms with van der Waals surface area (Å²) < 4.78 is 0. The number of hydrogen-bond donors (Lipinski definition) is 1. The maximum atomic E-state index is 9.60. The molecule has 1 aliphatic carbocycles. The third kappa shape index (κ3) is 1.87. The van der Waals surface area contributed by atoms with E-state index < -0.39 is 0 Å². The molecule has 1 fully saturated rings. The van der Waals surface area contributed by atoms with Crippen molar-refractivity contribution in [1.29, 1.82) is 0 Å². The Hall–Kier alpha value is -0.860. The van der Waals surface area contributed by atoms with Gasteiger partial charge in [0, 0.05) is 11.5 Å². The van der Waals surface area contributed by atoms with Gasteiger partial charge in [0.2, 0.25) is 0 Å². The quantitative estimate of drug-likeness (QED) is 0.840. The average molecular weight is 219 g/mol. The van der Waals surface area contributed by atoms with Crippen molar-refractivity contribution in [2.24, 2.45) is 5.41 Å². The van der Waals surface area contributed by atoms with E-state index >= 15 is 0 Å². The lowest BCUT2D eigenvalue weighted by Gasteiger charge is -2.33. The maximum Gasteiger partial charge on any atom is 0.0505 e. The van der Waals surface area contributed by atoms with E-state index in [1.54, 1.807) is 0 Å². The number of aliphatic hydroxyl groups is 1. The Morgan fingerprint density at radius 1 is 1.31 bits per heavy atom. The molecule has 0 aromatic heterocycles. The Bertz CT molecular complexity index is 369. The van der Waals surface area contributed by atoms with Gasteiger partial charge in [-0.3, -0.25) is 0 Å². The first kappa shape index (κ1) is 11.6. The lowest BCUT2D eigenvalue weighted by Crippen LogP contribution is -2.31. The van der Waals surface area contributed by atoms with Crippen LogP contribution in [0.2, 0.25) is 0 Å². The molecule has 0 heterocycles. The van der Waals surface area contributed by atoms with Gasteiger partial charge in [0.05, 0.1) is 6.61 Å². The third-order valence-electron chi connectivity index (χ3n) is 3.79. The van der Waals surface area contributed by atoms with Crippen LogP contribution in [-0.4, -0.2) is 30.7 Å². The third-order valence-corrected chi connectivity index (χ3v) is 3.79. The fourth-order valence-electron chi connectivity index (χ4n) is 2.73. The van der Waals surface area contributed by atoms with Gasteiger partial charge in [0.25, 0.3) is 0 Å². The highest BCUT2D eigenvalue weighted by molar-refractivity contribution is 5.32. The maximum absolute atomic E-state index is 9.60. The van der Waals surface area contributed by atoms with Gasteiger partial charge >= 0.3 is 0 Å². The summed E-state index contributed by atoms with van der Waals surface area (Å²) in [4.78, 5) is 2.24. The summed E-state index contributed by atoms with van der Waals surface area (Å²) in [6.07, 6.45) is 2.28. The zero-order valence-electron chi connectivity index (χ0n) is 10.4. The van der Waals surface area contributed by atoms with E-state index in [1.165, 1.54) is 11.1 Å². The zero-order chi connectivity index (χ0) is 11.8. The van der Waals surface area contributed by atoms with E-state index in [2.05, 4.69) is 50.2 Å². The molecule has 0 spiro atoms. The minimum atomic E-state index is 0.107. The van der Waals surface area contributed by atoms with Crippen LogP contribution in [0.1, 0.15) is 30.0 Å². The molecule has 0 bridgehead atoms. The van der Waals surface area contributed by atoms with Gasteiger partial charge < -0.3 is 10.0 Å². The van der Waals surface area contributed by atoms with Gasteiger partial charge in [-0.1, -0.05) is 24.3 Å². The van der Waals surface area contributed by atoms with E-state index in [9.17, 15) is 5.11 Å². The molecule has 2 rings (SSSR count). The predicted molar refractivity (Wildman–Crippen MR) is 66.4 cm³/mol. The molecule has 16 heavy (non-hydrogen) atoms. The van der Waals surface area contributed by atoms with Crippen molar-refractivity contribution in [2.45, 2.75) is 25.8 Å². The molecular formula is C14H21NO. The number of rotatable bonds is 4. The van der Waals surface area contributed by atoms with Crippen LogP contribution < -0.4 is 0 Å². The number of hydrogen-bond acceptors (Lipinski definition) is 2. The second kappa shape index (κ2) is 4.19. The highest BCUT2D eigenvalue weighted by Crippen LogP contribution is 2.56. The summed E-state index contributed by atoms with van der Waals surface area (Å²) in [5, 5.41) is 9.60. The van der Waals surface area contributed by atoms with Crippen LogP contribution in [-0.2, 0) is 0 Å². The van der Waals surface area contributed by atoms with Crippen LogP contribution >= 0.6 is 0 Å². The van der Waals surface area contributed by atoms with Gasteiger partial charge in [-0.15, -0.1) is 0 Å². The molecule has 0 amide bonds. The first-order chi connectivity index (χ1) is 7.60. The fraction of sp³-hybridized carbons (Fsp3) is 0.571. The predicted octanol–water partition coefficient (Wildman–Crippen LogP) is 2.37. The van der Waals surface area contributed by atoms with Gasteiger partial charge in [0.1, 0.15) is 0 Å². The lowest BCUT2D eigenvalue weighted by atomic mass is 9.87. The Kier molecular flexibility index (Phi) is 3.04. The second-order valence-electron chi connectivity index (χ2n) is 5.24. The molecule has 1 N–H and O–H groups in total. The van der Waals surface area contributed by atoms with E-state index in [0.29, 0.717) is 12.6 Å². The van der Waals surface area contributed by atoms with Crippen LogP contribution in [0.15, 0.2) is 24.3 Å². The fourth-order valence-corrected chi connectivity index (χ4v) is 2.73. The van der Waals surface area contributed by atoms with Crippen LogP contribution in [0.3, 0.4) is 0 Å². The molecule has 1 aromatic carbocycles. The van der Waals surface area contributed by atoms with E-state index in [-0.39, 0.29) is 5.41 Å². The van der Waals surface area contributed by atoms with Crippen molar-refractivity contribution in [3.8, 4) is 0 Å². The average Bonchev–Trinajstić information content (AvgIpc) is 3.02. The summed E-state index contributed by atoms with van der Waals surface area (Å²) >= 11 is 0. The van der Waals surface area contributed by atoms with Gasteiger partial charge in [-0.2, -0.15) is 0 Å². The van der Waals surface area contributed by atoms with E-state index in [1.807, 2.05) is 0 Å². The molecule has 88 valence electrons. The van der Waals surface area contributed by atoms with E-state index in [0.717, 1.165) is 12.8 Å². The Balaban J connectivity index is 2.38. The largest absolute Gasteiger partial charge is 0.396 e. The van der Waals surface area contributed by atoms with Gasteiger partial charge in [-0.05, 0) is 45.0 Å². The minimum absolute atomic E-state index is 0.107. The number of aryl methyl sites for hydroxylation is 1. The molecule has 1 atom stereocenters. The smallest absolute Gasteiger partial charge is 0.0505 e. The van der Waals surface area contributed by atoms with Crippen LogP contribution in [0.25, 0.3) is 0 Å².